The van der Waals surface area contributed by atoms with Gasteiger partial charge in [-0.2, -0.15) is 0 Å². The summed E-state index contributed by atoms with van der Waals surface area (Å²) in [5.41, 5.74) is 0.119. The smallest absolute Gasteiger partial charge is 0.254 e. The summed E-state index contributed by atoms with van der Waals surface area (Å²) in [6.07, 6.45) is 3.71. The fraction of sp³-hybridized carbons (Fsp3) is 0.529. The molecule has 4 N–H and O–H groups in total. The van der Waals surface area contributed by atoms with Crippen LogP contribution >= 0.6 is 0 Å². The standard InChI is InChI=1S/C17H24N2O5/c1-2-3-4-15(22)18-12-5-7-19(8-6-12)17(24)11-9-13(20)16(23)14(21)10-11/h9-10,12,20-21,23H,2-8H2,1H3,(H,18,22). The number of likely N-dealkylation sites (tertiary alicyclic amines) is 1. The number of amides is 2. The molecule has 0 bridgehead atoms. The van der Waals surface area contributed by atoms with Crippen LogP contribution in [0.4, 0.5) is 0 Å². The highest BCUT2D eigenvalue weighted by atomic mass is 16.3. The molecule has 2 amide bonds. The summed E-state index contributed by atoms with van der Waals surface area (Å²) in [5.74, 6) is -1.97. The maximum absolute atomic E-state index is 12.4. The number of nitrogens with one attached hydrogen (secondary N) is 1. The lowest BCUT2D eigenvalue weighted by Crippen LogP contribution is -2.46. The first kappa shape index (κ1) is 17.9. The third kappa shape index (κ3) is 4.31. The average molecular weight is 336 g/mol. The van der Waals surface area contributed by atoms with Crippen molar-refractivity contribution in [3.05, 3.63) is 17.7 Å². The first-order chi connectivity index (χ1) is 11.4. The van der Waals surface area contributed by atoms with Crippen molar-refractivity contribution in [2.45, 2.75) is 45.1 Å². The van der Waals surface area contributed by atoms with Crippen LogP contribution in [0.5, 0.6) is 17.2 Å². The minimum Gasteiger partial charge on any atom is -0.504 e. The van der Waals surface area contributed by atoms with E-state index >= 15 is 0 Å². The third-order valence-electron chi connectivity index (χ3n) is 4.22. The van der Waals surface area contributed by atoms with Crippen molar-refractivity contribution >= 4 is 11.8 Å². The molecule has 0 spiro atoms. The second-order valence-electron chi connectivity index (χ2n) is 6.10. The molecule has 1 fully saturated rings. The Morgan fingerprint density at radius 1 is 1.17 bits per heavy atom. The number of carbonyl (C=O) groups is 2. The molecule has 0 aromatic heterocycles. The first-order valence-corrected chi connectivity index (χ1v) is 8.26. The van der Waals surface area contributed by atoms with Gasteiger partial charge >= 0.3 is 0 Å². The van der Waals surface area contributed by atoms with Gasteiger partial charge in [-0.05, 0) is 31.4 Å². The molecule has 24 heavy (non-hydrogen) atoms. The molecule has 1 aromatic rings. The molecule has 7 nitrogen and oxygen atoms in total. The zero-order valence-electron chi connectivity index (χ0n) is 13.8. The Morgan fingerprint density at radius 2 is 1.75 bits per heavy atom. The monoisotopic (exact) mass is 336 g/mol. The number of benzene rings is 1. The summed E-state index contributed by atoms with van der Waals surface area (Å²) in [6, 6.07) is 2.34. The minimum atomic E-state index is -0.639. The van der Waals surface area contributed by atoms with E-state index in [2.05, 4.69) is 5.32 Å². The lowest BCUT2D eigenvalue weighted by atomic mass is 10.0. The third-order valence-corrected chi connectivity index (χ3v) is 4.22. The van der Waals surface area contributed by atoms with Gasteiger partial charge in [0, 0.05) is 31.1 Å². The number of piperidine rings is 1. The van der Waals surface area contributed by atoms with E-state index in [-0.39, 0.29) is 23.4 Å². The molecular weight excluding hydrogens is 312 g/mol. The number of hydrogen-bond acceptors (Lipinski definition) is 5. The normalized spacial score (nSPS) is 15.3. The SMILES string of the molecule is CCCCC(=O)NC1CCN(C(=O)c2cc(O)c(O)c(O)c2)CC1. The number of unbranched alkanes of at least 4 members (excludes halogenated alkanes) is 1. The van der Waals surface area contributed by atoms with Gasteiger partial charge in [0.05, 0.1) is 0 Å². The van der Waals surface area contributed by atoms with Gasteiger partial charge in [0.25, 0.3) is 5.91 Å². The van der Waals surface area contributed by atoms with Crippen molar-refractivity contribution in [1.82, 2.24) is 10.2 Å². The van der Waals surface area contributed by atoms with Crippen LogP contribution in [0.25, 0.3) is 0 Å². The van der Waals surface area contributed by atoms with Gasteiger partial charge in [0.1, 0.15) is 0 Å². The lowest BCUT2D eigenvalue weighted by Gasteiger charge is -2.32. The first-order valence-electron chi connectivity index (χ1n) is 8.26. The fourth-order valence-electron chi connectivity index (χ4n) is 2.77. The number of rotatable bonds is 5. The largest absolute Gasteiger partial charge is 0.504 e. The Hall–Kier alpha value is -2.44. The van der Waals surface area contributed by atoms with Crippen LogP contribution < -0.4 is 5.32 Å². The number of nitrogens with zero attached hydrogens (tertiary/aromatic N) is 1. The van der Waals surface area contributed by atoms with Gasteiger partial charge in [0.15, 0.2) is 17.2 Å². The van der Waals surface area contributed by atoms with Crippen LogP contribution in [0.1, 0.15) is 49.4 Å². The average Bonchev–Trinajstić information content (AvgIpc) is 2.57. The van der Waals surface area contributed by atoms with Crippen LogP contribution in [-0.2, 0) is 4.79 Å². The summed E-state index contributed by atoms with van der Waals surface area (Å²) >= 11 is 0. The second-order valence-corrected chi connectivity index (χ2v) is 6.10. The lowest BCUT2D eigenvalue weighted by molar-refractivity contribution is -0.122. The van der Waals surface area contributed by atoms with E-state index in [1.165, 1.54) is 0 Å². The predicted molar refractivity (Wildman–Crippen MR) is 88.0 cm³/mol. The zero-order chi connectivity index (χ0) is 17.7. The van der Waals surface area contributed by atoms with E-state index in [9.17, 15) is 24.9 Å². The van der Waals surface area contributed by atoms with E-state index < -0.39 is 17.2 Å². The maximum atomic E-state index is 12.4. The van der Waals surface area contributed by atoms with Crippen LogP contribution in [0, 0.1) is 0 Å². The summed E-state index contributed by atoms with van der Waals surface area (Å²) in [4.78, 5) is 25.8. The number of phenols is 3. The van der Waals surface area contributed by atoms with Crippen LogP contribution in [-0.4, -0.2) is 51.2 Å². The highest BCUT2D eigenvalue weighted by Gasteiger charge is 2.25. The van der Waals surface area contributed by atoms with Crippen molar-refractivity contribution in [3.8, 4) is 17.2 Å². The van der Waals surface area contributed by atoms with E-state index in [4.69, 9.17) is 0 Å². The molecule has 7 heteroatoms. The minimum absolute atomic E-state index is 0.0509. The maximum Gasteiger partial charge on any atom is 0.254 e. The van der Waals surface area contributed by atoms with Crippen molar-refractivity contribution in [1.29, 1.82) is 0 Å². The highest BCUT2D eigenvalue weighted by molar-refractivity contribution is 5.95. The van der Waals surface area contributed by atoms with E-state index in [1.807, 2.05) is 6.92 Å². The van der Waals surface area contributed by atoms with Crippen molar-refractivity contribution in [2.24, 2.45) is 0 Å². The molecule has 0 atom stereocenters. The zero-order valence-corrected chi connectivity index (χ0v) is 13.8. The van der Waals surface area contributed by atoms with Crippen LogP contribution in [0.2, 0.25) is 0 Å². The molecule has 0 saturated carbocycles. The van der Waals surface area contributed by atoms with Gasteiger partial charge in [-0.3, -0.25) is 9.59 Å². The summed E-state index contributed by atoms with van der Waals surface area (Å²) < 4.78 is 0. The predicted octanol–water partition coefficient (Wildman–Crippen LogP) is 1.71. The Morgan fingerprint density at radius 3 is 2.29 bits per heavy atom. The summed E-state index contributed by atoms with van der Waals surface area (Å²) in [7, 11) is 0. The topological polar surface area (TPSA) is 110 Å². The number of carbonyl (C=O) groups excluding carboxylic acids is 2. The molecule has 0 unspecified atom stereocenters. The van der Waals surface area contributed by atoms with Crippen molar-refractivity contribution < 1.29 is 24.9 Å². The molecule has 1 aliphatic rings. The van der Waals surface area contributed by atoms with Gasteiger partial charge in [-0.15, -0.1) is 0 Å². The molecule has 132 valence electrons. The molecule has 2 rings (SSSR count). The Kier molecular flexibility index (Phi) is 5.89. The molecule has 1 aromatic carbocycles. The Bertz CT molecular complexity index is 586. The molecule has 0 radical (unpaired) electrons. The number of aromatic hydroxyl groups is 3. The summed E-state index contributed by atoms with van der Waals surface area (Å²) in [6.45, 7) is 3.01. The Balaban J connectivity index is 1.90. The van der Waals surface area contributed by atoms with Gasteiger partial charge in [-0.25, -0.2) is 0 Å². The summed E-state index contributed by atoms with van der Waals surface area (Å²) in [5, 5.41) is 31.4. The molecule has 1 saturated heterocycles. The van der Waals surface area contributed by atoms with E-state index in [1.54, 1.807) is 4.90 Å². The van der Waals surface area contributed by atoms with Gasteiger partial charge in [0.2, 0.25) is 5.91 Å². The van der Waals surface area contributed by atoms with Crippen molar-refractivity contribution in [2.75, 3.05) is 13.1 Å². The second kappa shape index (κ2) is 7.90. The number of hydrogen-bond donors (Lipinski definition) is 4. The van der Waals surface area contributed by atoms with Crippen LogP contribution in [0.15, 0.2) is 12.1 Å². The quantitative estimate of drug-likeness (QED) is 0.612. The van der Waals surface area contributed by atoms with Crippen LogP contribution in [0.3, 0.4) is 0 Å². The molecular formula is C17H24N2O5. The molecule has 1 heterocycles. The van der Waals surface area contributed by atoms with Gasteiger partial charge in [-0.1, -0.05) is 13.3 Å². The Labute approximate surface area is 140 Å². The highest BCUT2D eigenvalue weighted by Crippen LogP contribution is 2.35. The fourth-order valence-corrected chi connectivity index (χ4v) is 2.77. The molecule has 1 aliphatic heterocycles. The van der Waals surface area contributed by atoms with E-state index in [0.717, 1.165) is 25.0 Å². The molecule has 0 aliphatic carbocycles. The van der Waals surface area contributed by atoms with Gasteiger partial charge < -0.3 is 25.5 Å². The number of phenolic OH excluding ortho intramolecular Hbond substituents is 3. The van der Waals surface area contributed by atoms with Crippen molar-refractivity contribution in [3.63, 3.8) is 0 Å². The van der Waals surface area contributed by atoms with E-state index in [0.29, 0.717) is 32.4 Å².